The van der Waals surface area contributed by atoms with Crippen molar-refractivity contribution in [2.75, 3.05) is 39.6 Å². The van der Waals surface area contributed by atoms with E-state index in [1.165, 1.54) is 270 Å². The molecule has 17 nitrogen and oxygen atoms in total. The Balaban J connectivity index is 5.22. The van der Waals surface area contributed by atoms with Crippen LogP contribution in [0.25, 0.3) is 0 Å². The number of hydrogen-bond donors (Lipinski definition) is 3. The van der Waals surface area contributed by atoms with Crippen molar-refractivity contribution in [3.63, 3.8) is 0 Å². The standard InChI is InChI=1S/C83H162O17P2/c1-6-10-13-16-19-22-25-27-33-38-42-47-52-57-62-67-81(86)94-73-79(100-83(88)69-64-59-54-49-44-39-35-32-30-29-31-34-36-41-45-50-55-60-65-76(5)9-4)75-98-102(91,92)96-71-77(84)70-95-101(89,90)97-74-78(72-93-80(85)66-61-56-51-46-40-24-21-18-15-12-8-3)99-82(87)68-63-58-53-48-43-37-28-26-23-20-17-14-11-7-2/h76-79,84H,6-75H2,1-5H3,(H,89,90)(H,91,92)/t76?,77-,78+,79+/m0/s1. The van der Waals surface area contributed by atoms with Crippen molar-refractivity contribution in [1.29, 1.82) is 0 Å². The number of hydrogen-bond acceptors (Lipinski definition) is 15. The Bertz CT molecular complexity index is 1950. The van der Waals surface area contributed by atoms with E-state index in [9.17, 15) is 43.2 Å². The van der Waals surface area contributed by atoms with E-state index in [4.69, 9.17) is 37.0 Å². The molecule has 3 N–H and O–H groups in total. The Morgan fingerprint density at radius 3 is 0.696 bits per heavy atom. The molecule has 0 aliphatic rings. The first kappa shape index (κ1) is 100. The molecule has 0 aliphatic carbocycles. The molecule has 0 rings (SSSR count). The first-order valence-corrected chi connectivity index (χ1v) is 46.2. The molecule has 0 aromatic carbocycles. The Morgan fingerprint density at radius 2 is 0.471 bits per heavy atom. The van der Waals surface area contributed by atoms with Gasteiger partial charge in [0.25, 0.3) is 0 Å². The highest BCUT2D eigenvalue weighted by molar-refractivity contribution is 7.47. The quantitative estimate of drug-likeness (QED) is 0.0222. The molecule has 0 heterocycles. The van der Waals surface area contributed by atoms with Gasteiger partial charge in [-0.15, -0.1) is 0 Å². The van der Waals surface area contributed by atoms with Gasteiger partial charge in [0, 0.05) is 25.7 Å². The summed E-state index contributed by atoms with van der Waals surface area (Å²) in [4.78, 5) is 73.1. The molecule has 0 aromatic heterocycles. The third-order valence-corrected chi connectivity index (χ3v) is 21.8. The van der Waals surface area contributed by atoms with Gasteiger partial charge < -0.3 is 33.8 Å². The molecule has 0 spiro atoms. The van der Waals surface area contributed by atoms with Gasteiger partial charge in [-0.25, -0.2) is 9.13 Å². The van der Waals surface area contributed by atoms with Crippen molar-refractivity contribution in [3.8, 4) is 0 Å². The highest BCUT2D eigenvalue weighted by atomic mass is 31.2. The first-order valence-electron chi connectivity index (χ1n) is 43.2. The van der Waals surface area contributed by atoms with Gasteiger partial charge in [-0.05, 0) is 31.6 Å². The van der Waals surface area contributed by atoms with Crippen LogP contribution in [-0.2, 0) is 65.4 Å². The first-order chi connectivity index (χ1) is 49.6. The van der Waals surface area contributed by atoms with E-state index in [0.29, 0.717) is 25.7 Å². The van der Waals surface area contributed by atoms with Crippen LogP contribution < -0.4 is 0 Å². The SMILES string of the molecule is CCCCCCCCCCCCCCCCCC(=O)OC[C@H](COP(=O)(O)OC[C@@H](O)COP(=O)(O)OC[C@@H](COC(=O)CCCCCCCCCCCCC)OC(=O)CCCCCCCCCCCCCCCC)OC(=O)CCCCCCCCCCCCCCCCCCCCC(C)CC. The monoisotopic (exact) mass is 1490 g/mol. The topological polar surface area (TPSA) is 237 Å². The van der Waals surface area contributed by atoms with Gasteiger partial charge in [0.05, 0.1) is 26.4 Å². The van der Waals surface area contributed by atoms with Crippen LogP contribution in [0.4, 0.5) is 0 Å². The number of esters is 4. The number of aliphatic hydroxyl groups is 1. The molecule has 19 heteroatoms. The van der Waals surface area contributed by atoms with Gasteiger partial charge in [-0.2, -0.15) is 0 Å². The van der Waals surface area contributed by atoms with E-state index >= 15 is 0 Å². The van der Waals surface area contributed by atoms with Crippen molar-refractivity contribution in [2.24, 2.45) is 5.92 Å². The fraction of sp³-hybridized carbons (Fsp3) is 0.952. The average Bonchev–Trinajstić information content (AvgIpc) is 0.966. The lowest BCUT2D eigenvalue weighted by atomic mass is 9.99. The second kappa shape index (κ2) is 75.9. The number of carbonyl (C=O) groups is 4. The van der Waals surface area contributed by atoms with Crippen molar-refractivity contribution >= 4 is 39.5 Å². The van der Waals surface area contributed by atoms with E-state index in [2.05, 4.69) is 34.6 Å². The van der Waals surface area contributed by atoms with Crippen LogP contribution in [0.1, 0.15) is 446 Å². The number of phosphoric acid groups is 2. The summed E-state index contributed by atoms with van der Waals surface area (Å²) in [5.41, 5.74) is 0. The van der Waals surface area contributed by atoms with Gasteiger partial charge >= 0.3 is 39.5 Å². The molecular formula is C83H162O17P2. The van der Waals surface area contributed by atoms with Crippen LogP contribution in [0.5, 0.6) is 0 Å². The van der Waals surface area contributed by atoms with Gasteiger partial charge in [0.15, 0.2) is 12.2 Å². The van der Waals surface area contributed by atoms with Gasteiger partial charge in [-0.1, -0.05) is 394 Å². The van der Waals surface area contributed by atoms with Gasteiger partial charge in [-0.3, -0.25) is 37.3 Å². The van der Waals surface area contributed by atoms with Crippen LogP contribution in [0.15, 0.2) is 0 Å². The van der Waals surface area contributed by atoms with Crippen LogP contribution in [0, 0.1) is 5.92 Å². The molecule has 3 unspecified atom stereocenters. The second-order valence-electron chi connectivity index (χ2n) is 30.1. The molecule has 606 valence electrons. The lowest BCUT2D eigenvalue weighted by Crippen LogP contribution is -2.30. The second-order valence-corrected chi connectivity index (χ2v) is 33.0. The summed E-state index contributed by atoms with van der Waals surface area (Å²) in [7, 11) is -9.92. The molecule has 6 atom stereocenters. The van der Waals surface area contributed by atoms with E-state index < -0.39 is 97.5 Å². The zero-order valence-electron chi connectivity index (χ0n) is 66.8. The predicted octanol–water partition coefficient (Wildman–Crippen LogP) is 25.2. The highest BCUT2D eigenvalue weighted by Gasteiger charge is 2.30. The predicted molar refractivity (Wildman–Crippen MR) is 418 cm³/mol. The molecule has 0 aliphatic heterocycles. The minimum Gasteiger partial charge on any atom is -0.462 e. The minimum absolute atomic E-state index is 0.109. The molecule has 0 saturated heterocycles. The number of ether oxygens (including phenoxy) is 4. The lowest BCUT2D eigenvalue weighted by Gasteiger charge is -2.21. The molecule has 0 amide bonds. The smallest absolute Gasteiger partial charge is 0.462 e. The molecule has 0 saturated carbocycles. The van der Waals surface area contributed by atoms with E-state index in [1.54, 1.807) is 0 Å². The summed E-state index contributed by atoms with van der Waals surface area (Å²) >= 11 is 0. The highest BCUT2D eigenvalue weighted by Crippen LogP contribution is 2.45. The van der Waals surface area contributed by atoms with Crippen LogP contribution in [0.2, 0.25) is 0 Å². The maximum atomic E-state index is 13.1. The Morgan fingerprint density at radius 1 is 0.275 bits per heavy atom. The van der Waals surface area contributed by atoms with Crippen LogP contribution >= 0.6 is 15.6 Å². The van der Waals surface area contributed by atoms with E-state index in [-0.39, 0.29) is 25.7 Å². The number of unbranched alkanes of at least 4 members (excludes halogenated alkanes) is 54. The van der Waals surface area contributed by atoms with Crippen molar-refractivity contribution in [3.05, 3.63) is 0 Å². The average molecular weight is 1490 g/mol. The fourth-order valence-corrected chi connectivity index (χ4v) is 14.5. The fourth-order valence-electron chi connectivity index (χ4n) is 12.9. The zero-order valence-corrected chi connectivity index (χ0v) is 68.5. The summed E-state index contributed by atoms with van der Waals surface area (Å²) in [5.74, 6) is -1.23. The van der Waals surface area contributed by atoms with E-state index in [1.807, 2.05) is 0 Å². The Kier molecular flexibility index (Phi) is 74.4. The summed E-state index contributed by atoms with van der Waals surface area (Å²) in [6.45, 7) is 7.41. The van der Waals surface area contributed by atoms with Crippen molar-refractivity contribution in [2.45, 2.75) is 464 Å². The third-order valence-electron chi connectivity index (χ3n) is 19.9. The Hall–Kier alpha value is -1.94. The number of aliphatic hydroxyl groups excluding tert-OH is 1. The third kappa shape index (κ3) is 74.9. The maximum absolute atomic E-state index is 13.1. The van der Waals surface area contributed by atoms with Crippen LogP contribution in [0.3, 0.4) is 0 Å². The summed E-state index contributed by atoms with van der Waals surface area (Å²) in [6.07, 6.45) is 67.8. The van der Waals surface area contributed by atoms with Crippen LogP contribution in [-0.4, -0.2) is 96.7 Å². The molecule has 0 fully saturated rings. The molecule has 0 aromatic rings. The molecule has 0 radical (unpaired) electrons. The van der Waals surface area contributed by atoms with Crippen molar-refractivity contribution in [1.82, 2.24) is 0 Å². The largest absolute Gasteiger partial charge is 0.472 e. The minimum atomic E-state index is -4.96. The molecule has 102 heavy (non-hydrogen) atoms. The number of carbonyl (C=O) groups excluding carboxylic acids is 4. The van der Waals surface area contributed by atoms with Gasteiger partial charge in [0.2, 0.25) is 0 Å². The normalized spacial score (nSPS) is 14.1. The van der Waals surface area contributed by atoms with E-state index in [0.717, 1.165) is 95.8 Å². The van der Waals surface area contributed by atoms with Gasteiger partial charge in [0.1, 0.15) is 19.3 Å². The number of phosphoric ester groups is 2. The summed E-state index contributed by atoms with van der Waals surface area (Å²) in [5, 5.41) is 10.7. The summed E-state index contributed by atoms with van der Waals surface area (Å²) in [6, 6.07) is 0. The van der Waals surface area contributed by atoms with Crippen molar-refractivity contribution < 1.29 is 80.2 Å². The summed E-state index contributed by atoms with van der Waals surface area (Å²) < 4.78 is 68.8. The Labute approximate surface area is 626 Å². The number of rotatable bonds is 83. The molecular weight excluding hydrogens is 1330 g/mol. The lowest BCUT2D eigenvalue weighted by molar-refractivity contribution is -0.161. The zero-order chi connectivity index (χ0) is 74.8. The molecule has 0 bridgehead atoms. The maximum Gasteiger partial charge on any atom is 0.472 e.